The number of piperazine rings is 1. The molecule has 1 aromatic heterocycles. The number of hydrogen-bond donors (Lipinski definition) is 1. The number of nitrogens with two attached hydrogens (primary N) is 1. The molecule has 0 atom stereocenters. The van der Waals surface area contributed by atoms with Crippen LogP contribution in [0.4, 0.5) is 0 Å². The Balaban J connectivity index is 0.00000156. The molecule has 0 saturated carbocycles. The van der Waals surface area contributed by atoms with Gasteiger partial charge in [-0.3, -0.25) is 9.80 Å². The Bertz CT molecular complexity index is 632. The van der Waals surface area contributed by atoms with Gasteiger partial charge in [0.1, 0.15) is 5.75 Å². The molecule has 0 spiro atoms. The van der Waals surface area contributed by atoms with Gasteiger partial charge in [0.2, 0.25) is 5.89 Å². The molecule has 1 aliphatic heterocycles. The molecule has 0 unspecified atom stereocenters. The zero-order valence-electron chi connectivity index (χ0n) is 14.3. The van der Waals surface area contributed by atoms with Crippen LogP contribution in [-0.2, 0) is 19.6 Å². The molecular formula is C16H25Cl2N5O2. The van der Waals surface area contributed by atoms with E-state index in [0.29, 0.717) is 24.8 Å². The maximum Gasteiger partial charge on any atom is 0.240 e. The van der Waals surface area contributed by atoms with Gasteiger partial charge in [0, 0.05) is 38.3 Å². The predicted octanol–water partition coefficient (Wildman–Crippen LogP) is 1.70. The number of ether oxygens (including phenoxy) is 1. The third-order valence-corrected chi connectivity index (χ3v) is 4.10. The zero-order chi connectivity index (χ0) is 16.1. The van der Waals surface area contributed by atoms with E-state index >= 15 is 0 Å². The van der Waals surface area contributed by atoms with E-state index < -0.39 is 0 Å². The van der Waals surface area contributed by atoms with Crippen molar-refractivity contribution in [3.05, 3.63) is 41.5 Å². The Labute approximate surface area is 160 Å². The number of hydrogen-bond acceptors (Lipinski definition) is 7. The van der Waals surface area contributed by atoms with Crippen LogP contribution < -0.4 is 10.5 Å². The van der Waals surface area contributed by atoms with Gasteiger partial charge >= 0.3 is 0 Å². The molecule has 0 radical (unpaired) electrons. The molecule has 2 heterocycles. The van der Waals surface area contributed by atoms with E-state index in [1.807, 2.05) is 12.1 Å². The number of benzene rings is 1. The Morgan fingerprint density at radius 2 is 1.72 bits per heavy atom. The van der Waals surface area contributed by atoms with Crippen LogP contribution in [0.5, 0.6) is 5.75 Å². The largest absolute Gasteiger partial charge is 0.496 e. The quantitative estimate of drug-likeness (QED) is 0.804. The molecule has 1 aromatic carbocycles. The molecule has 1 saturated heterocycles. The van der Waals surface area contributed by atoms with Crippen molar-refractivity contribution >= 4 is 24.8 Å². The van der Waals surface area contributed by atoms with Crippen LogP contribution in [-0.4, -0.2) is 53.2 Å². The molecule has 7 nitrogen and oxygen atoms in total. The van der Waals surface area contributed by atoms with Gasteiger partial charge in [-0.15, -0.1) is 24.8 Å². The Kier molecular flexibility index (Phi) is 9.16. The lowest BCUT2D eigenvalue weighted by Gasteiger charge is -2.34. The number of aromatic nitrogens is 2. The third kappa shape index (κ3) is 5.83. The van der Waals surface area contributed by atoms with Gasteiger partial charge in [0.25, 0.3) is 0 Å². The van der Waals surface area contributed by atoms with Crippen molar-refractivity contribution in [1.82, 2.24) is 19.9 Å². The highest BCUT2D eigenvalue weighted by molar-refractivity contribution is 5.85. The molecular weight excluding hydrogens is 365 g/mol. The number of methoxy groups -OCH3 is 1. The normalized spacial score (nSPS) is 15.3. The van der Waals surface area contributed by atoms with E-state index in [9.17, 15) is 0 Å². The maximum absolute atomic E-state index is 5.48. The van der Waals surface area contributed by atoms with E-state index in [1.165, 1.54) is 5.56 Å². The smallest absolute Gasteiger partial charge is 0.240 e. The highest BCUT2D eigenvalue weighted by Crippen LogP contribution is 2.20. The Morgan fingerprint density at radius 1 is 1.08 bits per heavy atom. The number of para-hydroxylation sites is 1. The van der Waals surface area contributed by atoms with Gasteiger partial charge in [-0.2, -0.15) is 4.98 Å². The molecule has 25 heavy (non-hydrogen) atoms. The molecule has 2 N–H and O–H groups in total. The lowest BCUT2D eigenvalue weighted by molar-refractivity contribution is 0.118. The van der Waals surface area contributed by atoms with Crippen LogP contribution in [0, 0.1) is 0 Å². The van der Waals surface area contributed by atoms with E-state index in [0.717, 1.165) is 38.5 Å². The van der Waals surface area contributed by atoms with Crippen molar-refractivity contribution < 1.29 is 9.26 Å². The molecule has 0 amide bonds. The van der Waals surface area contributed by atoms with Crippen LogP contribution in [0.25, 0.3) is 0 Å². The lowest BCUT2D eigenvalue weighted by atomic mass is 10.1. The van der Waals surface area contributed by atoms with E-state index in [4.69, 9.17) is 15.0 Å². The van der Waals surface area contributed by atoms with Gasteiger partial charge in [0.15, 0.2) is 5.82 Å². The van der Waals surface area contributed by atoms with Crippen molar-refractivity contribution in [1.29, 1.82) is 0 Å². The first kappa shape index (κ1) is 21.7. The third-order valence-electron chi connectivity index (χ3n) is 4.10. The zero-order valence-corrected chi connectivity index (χ0v) is 15.9. The van der Waals surface area contributed by atoms with Crippen LogP contribution in [0.2, 0.25) is 0 Å². The fourth-order valence-electron chi connectivity index (χ4n) is 2.82. The Hall–Kier alpha value is -1.38. The van der Waals surface area contributed by atoms with E-state index in [1.54, 1.807) is 7.11 Å². The highest BCUT2D eigenvalue weighted by Gasteiger charge is 2.19. The van der Waals surface area contributed by atoms with Crippen molar-refractivity contribution in [2.24, 2.45) is 5.73 Å². The van der Waals surface area contributed by atoms with Gasteiger partial charge in [-0.1, -0.05) is 23.4 Å². The van der Waals surface area contributed by atoms with Gasteiger partial charge in [0.05, 0.1) is 20.2 Å². The summed E-state index contributed by atoms with van der Waals surface area (Å²) in [6, 6.07) is 8.19. The molecule has 3 rings (SSSR count). The predicted molar refractivity (Wildman–Crippen MR) is 100 cm³/mol. The summed E-state index contributed by atoms with van der Waals surface area (Å²) >= 11 is 0. The van der Waals surface area contributed by atoms with Gasteiger partial charge < -0.3 is 15.0 Å². The van der Waals surface area contributed by atoms with Crippen molar-refractivity contribution in [3.63, 3.8) is 0 Å². The topological polar surface area (TPSA) is 80.7 Å². The standard InChI is InChI=1S/C16H23N5O2.2ClH/c1-22-14-5-3-2-4-13(14)11-20-6-8-21(9-7-20)12-15-18-16(10-17)23-19-15;;/h2-5H,6-12,17H2,1H3;2*1H. The van der Waals surface area contributed by atoms with Crippen molar-refractivity contribution in [2.75, 3.05) is 33.3 Å². The first-order chi connectivity index (χ1) is 11.3. The summed E-state index contributed by atoms with van der Waals surface area (Å²) in [4.78, 5) is 9.04. The Morgan fingerprint density at radius 3 is 2.32 bits per heavy atom. The molecule has 9 heteroatoms. The second-order valence-electron chi connectivity index (χ2n) is 5.67. The van der Waals surface area contributed by atoms with Gasteiger partial charge in [-0.05, 0) is 6.07 Å². The maximum atomic E-state index is 5.48. The number of nitrogens with zero attached hydrogens (tertiary/aromatic N) is 4. The van der Waals surface area contributed by atoms with Crippen molar-refractivity contribution in [3.8, 4) is 5.75 Å². The molecule has 2 aromatic rings. The van der Waals surface area contributed by atoms with Crippen LogP contribution in [0.15, 0.2) is 28.8 Å². The molecule has 0 aliphatic carbocycles. The average molecular weight is 390 g/mol. The van der Waals surface area contributed by atoms with Crippen molar-refractivity contribution in [2.45, 2.75) is 19.6 Å². The molecule has 140 valence electrons. The first-order valence-corrected chi connectivity index (χ1v) is 7.86. The fourth-order valence-corrected chi connectivity index (χ4v) is 2.82. The summed E-state index contributed by atoms with van der Waals surface area (Å²) in [5.74, 6) is 2.16. The fraction of sp³-hybridized carbons (Fsp3) is 0.500. The number of rotatable bonds is 6. The minimum Gasteiger partial charge on any atom is -0.496 e. The minimum atomic E-state index is 0. The highest BCUT2D eigenvalue weighted by atomic mass is 35.5. The average Bonchev–Trinajstić information content (AvgIpc) is 3.05. The SMILES string of the molecule is COc1ccccc1CN1CCN(Cc2noc(CN)n2)CC1.Cl.Cl. The van der Waals surface area contributed by atoms with E-state index in [-0.39, 0.29) is 24.8 Å². The summed E-state index contributed by atoms with van der Waals surface area (Å²) in [5.41, 5.74) is 6.72. The monoisotopic (exact) mass is 389 g/mol. The number of halogens is 2. The summed E-state index contributed by atoms with van der Waals surface area (Å²) < 4.78 is 10.5. The summed E-state index contributed by atoms with van der Waals surface area (Å²) in [7, 11) is 1.72. The van der Waals surface area contributed by atoms with Crippen LogP contribution in [0.3, 0.4) is 0 Å². The molecule has 1 fully saturated rings. The van der Waals surface area contributed by atoms with Crippen LogP contribution in [0.1, 0.15) is 17.3 Å². The van der Waals surface area contributed by atoms with Crippen LogP contribution >= 0.6 is 24.8 Å². The second-order valence-corrected chi connectivity index (χ2v) is 5.67. The second kappa shape index (κ2) is 10.6. The summed E-state index contributed by atoms with van der Waals surface area (Å²) in [5, 5.41) is 3.95. The molecule has 1 aliphatic rings. The molecule has 0 bridgehead atoms. The summed E-state index contributed by atoms with van der Waals surface area (Å²) in [6.45, 7) is 5.92. The first-order valence-electron chi connectivity index (χ1n) is 7.86. The summed E-state index contributed by atoms with van der Waals surface area (Å²) in [6.07, 6.45) is 0. The van der Waals surface area contributed by atoms with Gasteiger partial charge in [-0.25, -0.2) is 0 Å². The minimum absolute atomic E-state index is 0. The van der Waals surface area contributed by atoms with E-state index in [2.05, 4.69) is 32.1 Å². The lowest BCUT2D eigenvalue weighted by Crippen LogP contribution is -2.45.